The van der Waals surface area contributed by atoms with Gasteiger partial charge in [0.15, 0.2) is 0 Å². The summed E-state index contributed by atoms with van der Waals surface area (Å²) in [6.07, 6.45) is -0.875. The van der Waals surface area contributed by atoms with Crippen LogP contribution in [0.25, 0.3) is 0 Å². The highest BCUT2D eigenvalue weighted by atomic mass is 32.2. The maximum Gasteiger partial charge on any atom is 0.240 e. The predicted octanol–water partition coefficient (Wildman–Crippen LogP) is 3.00. The Balaban J connectivity index is 2.07. The van der Waals surface area contributed by atoms with Crippen molar-refractivity contribution in [2.45, 2.75) is 37.2 Å². The van der Waals surface area contributed by atoms with Gasteiger partial charge in [-0.1, -0.05) is 63.2 Å². The van der Waals surface area contributed by atoms with Crippen LogP contribution in [0.1, 0.15) is 38.0 Å². The van der Waals surface area contributed by atoms with Crippen molar-refractivity contribution >= 4 is 10.0 Å². The van der Waals surface area contributed by atoms with Gasteiger partial charge >= 0.3 is 0 Å². The maximum absolute atomic E-state index is 12.3. The summed E-state index contributed by atoms with van der Waals surface area (Å²) in [5.74, 6) is 0. The standard InChI is InChI=1S/C18H23NO3S/c1-18(2,3)15-9-11-16(12-10-15)23(21,22)19-13-17(20)14-7-5-4-6-8-14/h4-12,17,19-20H,13H2,1-3H3. The quantitative estimate of drug-likeness (QED) is 0.884. The second kappa shape index (κ2) is 6.83. The lowest BCUT2D eigenvalue weighted by Crippen LogP contribution is -2.28. The van der Waals surface area contributed by atoms with Crippen LogP contribution in [0.2, 0.25) is 0 Å². The summed E-state index contributed by atoms with van der Waals surface area (Å²) in [6.45, 7) is 6.16. The maximum atomic E-state index is 12.3. The molecule has 0 aliphatic heterocycles. The number of rotatable bonds is 5. The zero-order chi connectivity index (χ0) is 17.1. The molecule has 124 valence electrons. The van der Waals surface area contributed by atoms with Crippen LogP contribution in [-0.2, 0) is 15.4 Å². The van der Waals surface area contributed by atoms with E-state index in [9.17, 15) is 13.5 Å². The number of benzene rings is 2. The summed E-state index contributed by atoms with van der Waals surface area (Å²) in [5.41, 5.74) is 1.72. The van der Waals surface area contributed by atoms with E-state index in [4.69, 9.17) is 0 Å². The van der Waals surface area contributed by atoms with Crippen LogP contribution in [0.3, 0.4) is 0 Å². The first kappa shape index (κ1) is 17.7. The largest absolute Gasteiger partial charge is 0.387 e. The molecule has 0 spiro atoms. The molecular weight excluding hydrogens is 310 g/mol. The molecule has 2 rings (SSSR count). The van der Waals surface area contributed by atoms with Gasteiger partial charge in [0, 0.05) is 6.54 Å². The van der Waals surface area contributed by atoms with Crippen LogP contribution in [0.15, 0.2) is 59.5 Å². The Morgan fingerprint density at radius 2 is 1.57 bits per heavy atom. The third kappa shape index (κ3) is 4.64. The first-order valence-electron chi connectivity index (χ1n) is 7.53. The molecule has 23 heavy (non-hydrogen) atoms. The van der Waals surface area contributed by atoms with E-state index in [1.807, 2.05) is 18.2 Å². The summed E-state index contributed by atoms with van der Waals surface area (Å²) in [5, 5.41) is 10.1. The summed E-state index contributed by atoms with van der Waals surface area (Å²) in [4.78, 5) is 0.200. The van der Waals surface area contributed by atoms with E-state index < -0.39 is 16.1 Å². The topological polar surface area (TPSA) is 66.4 Å². The lowest BCUT2D eigenvalue weighted by atomic mass is 9.87. The first-order valence-corrected chi connectivity index (χ1v) is 9.02. The van der Waals surface area contributed by atoms with Crippen molar-refractivity contribution in [2.75, 3.05) is 6.54 Å². The molecule has 0 fully saturated rings. The van der Waals surface area contributed by atoms with Gasteiger partial charge in [-0.15, -0.1) is 0 Å². The monoisotopic (exact) mass is 333 g/mol. The van der Waals surface area contributed by atoms with Gasteiger partial charge in [0.2, 0.25) is 10.0 Å². The van der Waals surface area contributed by atoms with Crippen LogP contribution < -0.4 is 4.72 Å². The van der Waals surface area contributed by atoms with Gasteiger partial charge < -0.3 is 5.11 Å². The average Bonchev–Trinajstić information content (AvgIpc) is 2.53. The molecule has 0 amide bonds. The summed E-state index contributed by atoms with van der Waals surface area (Å²) in [7, 11) is -3.64. The summed E-state index contributed by atoms with van der Waals surface area (Å²) >= 11 is 0. The Morgan fingerprint density at radius 1 is 1.00 bits per heavy atom. The Kier molecular flexibility index (Phi) is 5.24. The number of hydrogen-bond donors (Lipinski definition) is 2. The molecule has 0 bridgehead atoms. The minimum absolute atomic E-state index is 0.0285. The van der Waals surface area contributed by atoms with Gasteiger partial charge in [-0.2, -0.15) is 0 Å². The lowest BCUT2D eigenvalue weighted by molar-refractivity contribution is 0.182. The van der Waals surface area contributed by atoms with Crippen LogP contribution >= 0.6 is 0 Å². The van der Waals surface area contributed by atoms with Crippen molar-refractivity contribution in [3.63, 3.8) is 0 Å². The summed E-state index contributed by atoms with van der Waals surface area (Å²) in [6, 6.07) is 15.8. The first-order chi connectivity index (χ1) is 10.7. The molecule has 1 atom stereocenters. The van der Waals surface area contributed by atoms with Crippen molar-refractivity contribution in [3.8, 4) is 0 Å². The molecule has 5 heteroatoms. The molecule has 2 aromatic carbocycles. The highest BCUT2D eigenvalue weighted by Gasteiger charge is 2.18. The van der Waals surface area contributed by atoms with E-state index in [0.717, 1.165) is 5.56 Å². The van der Waals surface area contributed by atoms with E-state index in [1.54, 1.807) is 36.4 Å². The van der Waals surface area contributed by atoms with Crippen molar-refractivity contribution < 1.29 is 13.5 Å². The summed E-state index contributed by atoms with van der Waals surface area (Å²) < 4.78 is 27.1. The second-order valence-electron chi connectivity index (χ2n) is 6.55. The molecule has 2 N–H and O–H groups in total. The van der Waals surface area contributed by atoms with Crippen LogP contribution in [0.5, 0.6) is 0 Å². The van der Waals surface area contributed by atoms with Gasteiger partial charge in [-0.05, 0) is 28.7 Å². The molecule has 4 nitrogen and oxygen atoms in total. The number of aliphatic hydroxyl groups is 1. The molecule has 0 radical (unpaired) electrons. The number of nitrogens with one attached hydrogen (secondary N) is 1. The van der Waals surface area contributed by atoms with Gasteiger partial charge in [-0.3, -0.25) is 0 Å². The zero-order valence-electron chi connectivity index (χ0n) is 13.7. The Bertz CT molecular complexity index is 732. The predicted molar refractivity (Wildman–Crippen MR) is 91.7 cm³/mol. The fourth-order valence-corrected chi connectivity index (χ4v) is 3.24. The van der Waals surface area contributed by atoms with Gasteiger partial charge in [-0.25, -0.2) is 13.1 Å². The van der Waals surface area contributed by atoms with Crippen molar-refractivity contribution in [1.82, 2.24) is 4.72 Å². The molecule has 0 heterocycles. The second-order valence-corrected chi connectivity index (χ2v) is 8.32. The minimum atomic E-state index is -3.64. The fraction of sp³-hybridized carbons (Fsp3) is 0.333. The Morgan fingerprint density at radius 3 is 2.09 bits per heavy atom. The van der Waals surface area contributed by atoms with Crippen LogP contribution in [0.4, 0.5) is 0 Å². The highest BCUT2D eigenvalue weighted by Crippen LogP contribution is 2.23. The van der Waals surface area contributed by atoms with E-state index in [0.29, 0.717) is 5.56 Å². The molecular formula is C18H23NO3S. The third-order valence-electron chi connectivity index (χ3n) is 3.68. The smallest absolute Gasteiger partial charge is 0.240 e. The third-order valence-corrected chi connectivity index (χ3v) is 5.12. The van der Waals surface area contributed by atoms with E-state index in [-0.39, 0.29) is 16.9 Å². The van der Waals surface area contributed by atoms with Crippen LogP contribution in [-0.4, -0.2) is 20.1 Å². The minimum Gasteiger partial charge on any atom is -0.387 e. The molecule has 1 unspecified atom stereocenters. The zero-order valence-corrected chi connectivity index (χ0v) is 14.5. The number of aliphatic hydroxyl groups excluding tert-OH is 1. The Labute approximate surface area is 138 Å². The van der Waals surface area contributed by atoms with E-state index in [2.05, 4.69) is 25.5 Å². The van der Waals surface area contributed by atoms with Gasteiger partial charge in [0.05, 0.1) is 11.0 Å². The Hall–Kier alpha value is -1.69. The van der Waals surface area contributed by atoms with Crippen molar-refractivity contribution in [1.29, 1.82) is 0 Å². The normalized spacial score (nSPS) is 13.7. The number of hydrogen-bond acceptors (Lipinski definition) is 3. The highest BCUT2D eigenvalue weighted by molar-refractivity contribution is 7.89. The molecule has 0 aromatic heterocycles. The van der Waals surface area contributed by atoms with Crippen molar-refractivity contribution in [3.05, 3.63) is 65.7 Å². The fourth-order valence-electron chi connectivity index (χ4n) is 2.20. The average molecular weight is 333 g/mol. The molecule has 0 aliphatic rings. The van der Waals surface area contributed by atoms with Gasteiger partial charge in [0.25, 0.3) is 0 Å². The lowest BCUT2D eigenvalue weighted by Gasteiger charge is -2.19. The van der Waals surface area contributed by atoms with Gasteiger partial charge in [0.1, 0.15) is 0 Å². The van der Waals surface area contributed by atoms with E-state index >= 15 is 0 Å². The number of sulfonamides is 1. The molecule has 0 aliphatic carbocycles. The molecule has 0 saturated heterocycles. The van der Waals surface area contributed by atoms with Crippen LogP contribution in [0, 0.1) is 0 Å². The molecule has 0 saturated carbocycles. The SMILES string of the molecule is CC(C)(C)c1ccc(S(=O)(=O)NCC(O)c2ccccc2)cc1. The van der Waals surface area contributed by atoms with E-state index in [1.165, 1.54) is 0 Å². The van der Waals surface area contributed by atoms with Crippen molar-refractivity contribution in [2.24, 2.45) is 0 Å². The molecule has 2 aromatic rings.